The van der Waals surface area contributed by atoms with Crippen molar-refractivity contribution >= 4 is 19.8 Å². The molecule has 3 atom stereocenters. The molecule has 4 N–H and O–H groups in total. The van der Waals surface area contributed by atoms with Gasteiger partial charge in [-0.05, 0) is 38.5 Å². The first kappa shape index (κ1) is 59.7. The monoisotopic (exact) mass is 888 g/mol. The molecule has 362 valence electrons. The number of allylic oxidation sites excluding steroid dienone is 2. The Labute approximate surface area is 375 Å². The number of carboxylic acids is 1. The fourth-order valence-electron chi connectivity index (χ4n) is 7.54. The van der Waals surface area contributed by atoms with Crippen molar-refractivity contribution < 1.29 is 42.7 Å². The minimum atomic E-state index is -4.62. The van der Waals surface area contributed by atoms with Crippen molar-refractivity contribution in [3.05, 3.63) is 12.2 Å². The molecule has 0 saturated heterocycles. The number of nitrogens with two attached hydrogens (primary N) is 1. The quantitative estimate of drug-likeness (QED) is 0.0233. The van der Waals surface area contributed by atoms with Crippen LogP contribution in [0.1, 0.15) is 258 Å². The summed E-state index contributed by atoms with van der Waals surface area (Å²) < 4.78 is 33.5. The highest BCUT2D eigenvalue weighted by Crippen LogP contribution is 2.43. The normalized spacial score (nSPS) is 13.8. The molecule has 10 nitrogen and oxygen atoms in total. The Morgan fingerprint density at radius 2 is 0.852 bits per heavy atom. The van der Waals surface area contributed by atoms with Crippen molar-refractivity contribution in [1.29, 1.82) is 0 Å². The van der Waals surface area contributed by atoms with E-state index in [9.17, 15) is 19.0 Å². The number of carbonyl (C=O) groups excluding carboxylic acids is 1. The first-order chi connectivity index (χ1) is 29.7. The number of unbranched alkanes of at least 4 members (excludes halogenated alkanes) is 34. The number of phosphoric acid groups is 1. The van der Waals surface area contributed by atoms with Crippen LogP contribution in [0.3, 0.4) is 0 Å². The highest BCUT2D eigenvalue weighted by Gasteiger charge is 2.27. The van der Waals surface area contributed by atoms with E-state index in [4.69, 9.17) is 29.4 Å². The van der Waals surface area contributed by atoms with Gasteiger partial charge in [-0.2, -0.15) is 0 Å². The van der Waals surface area contributed by atoms with Gasteiger partial charge in [0, 0.05) is 13.0 Å². The van der Waals surface area contributed by atoms with Gasteiger partial charge in [0.05, 0.1) is 19.8 Å². The molecular formula is C50H98NO9P. The van der Waals surface area contributed by atoms with Gasteiger partial charge in [-0.1, -0.05) is 225 Å². The van der Waals surface area contributed by atoms with Gasteiger partial charge in [0.15, 0.2) is 0 Å². The third kappa shape index (κ3) is 46.5. The van der Waals surface area contributed by atoms with Crippen molar-refractivity contribution in [1.82, 2.24) is 0 Å². The SMILES string of the molecule is CCCCCCCCCC/C=C\CCCCCCCCCCCCOCC(COP(=O)(O)OCC(N)C(=O)O)OC(=O)CCCCCCCCCCCCCCCCCCC. The number of hydrogen-bond acceptors (Lipinski definition) is 8. The van der Waals surface area contributed by atoms with Crippen molar-refractivity contribution in [3.8, 4) is 0 Å². The lowest BCUT2D eigenvalue weighted by Crippen LogP contribution is -2.34. The summed E-state index contributed by atoms with van der Waals surface area (Å²) in [6.45, 7) is 3.94. The summed E-state index contributed by atoms with van der Waals surface area (Å²) in [6.07, 6.45) is 51.2. The van der Waals surface area contributed by atoms with Gasteiger partial charge in [-0.25, -0.2) is 4.57 Å². The molecule has 0 fully saturated rings. The van der Waals surface area contributed by atoms with E-state index in [2.05, 4.69) is 26.0 Å². The molecule has 11 heteroatoms. The molecule has 0 bridgehead atoms. The van der Waals surface area contributed by atoms with Gasteiger partial charge >= 0.3 is 19.8 Å². The van der Waals surface area contributed by atoms with Crippen LogP contribution < -0.4 is 5.73 Å². The van der Waals surface area contributed by atoms with E-state index in [0.717, 1.165) is 38.5 Å². The van der Waals surface area contributed by atoms with Gasteiger partial charge in [-0.15, -0.1) is 0 Å². The fraction of sp³-hybridized carbons (Fsp3) is 0.920. The van der Waals surface area contributed by atoms with Gasteiger partial charge in [0.25, 0.3) is 0 Å². The molecule has 0 aromatic rings. The second kappa shape index (κ2) is 46.7. The van der Waals surface area contributed by atoms with Crippen LogP contribution in [0.5, 0.6) is 0 Å². The Balaban J connectivity index is 4.09. The van der Waals surface area contributed by atoms with E-state index in [1.165, 1.54) is 199 Å². The molecule has 0 saturated carbocycles. The molecule has 0 aliphatic carbocycles. The maximum absolute atomic E-state index is 12.7. The Kier molecular flexibility index (Phi) is 45.7. The Morgan fingerprint density at radius 1 is 0.508 bits per heavy atom. The average molecular weight is 888 g/mol. The molecule has 0 spiro atoms. The van der Waals surface area contributed by atoms with Gasteiger partial charge in [0.1, 0.15) is 12.1 Å². The molecule has 61 heavy (non-hydrogen) atoms. The summed E-state index contributed by atoms with van der Waals surface area (Å²) in [5.41, 5.74) is 5.37. The number of ether oxygens (including phenoxy) is 2. The maximum Gasteiger partial charge on any atom is 0.472 e. The molecule has 0 aliphatic heterocycles. The summed E-state index contributed by atoms with van der Waals surface area (Å²) in [6, 6.07) is -1.47. The zero-order valence-corrected chi connectivity index (χ0v) is 40.7. The van der Waals surface area contributed by atoms with E-state index in [-0.39, 0.29) is 13.0 Å². The smallest absolute Gasteiger partial charge is 0.472 e. The standard InChI is InChI=1S/C50H98NO9P/c1-3-5-7-9-11-13-15-17-19-21-22-23-24-25-27-29-31-33-35-37-39-41-43-57-44-47(45-58-61(55,56)59-46-48(51)50(53)54)60-49(52)42-40-38-36-34-32-30-28-26-20-18-16-14-12-10-8-6-4-2/h21-22,47-48H,3-20,23-46,51H2,1-2H3,(H,53,54)(H,55,56)/b22-21-. The third-order valence-electron chi connectivity index (χ3n) is 11.5. The van der Waals surface area contributed by atoms with Gasteiger partial charge < -0.3 is 25.2 Å². The lowest BCUT2D eigenvalue weighted by Gasteiger charge is -2.20. The van der Waals surface area contributed by atoms with Crippen LogP contribution in [0.15, 0.2) is 12.2 Å². The zero-order chi connectivity index (χ0) is 44.8. The molecular weight excluding hydrogens is 790 g/mol. The van der Waals surface area contributed by atoms with E-state index in [1.807, 2.05) is 0 Å². The van der Waals surface area contributed by atoms with Crippen LogP contribution in [0.4, 0.5) is 0 Å². The van der Waals surface area contributed by atoms with Crippen LogP contribution in [-0.4, -0.2) is 60.5 Å². The van der Waals surface area contributed by atoms with Gasteiger partial charge in [0.2, 0.25) is 0 Å². The minimum absolute atomic E-state index is 0.0223. The van der Waals surface area contributed by atoms with Crippen molar-refractivity contribution in [2.24, 2.45) is 5.73 Å². The number of phosphoric ester groups is 1. The summed E-state index contributed by atoms with van der Waals surface area (Å²) in [5.74, 6) is -1.76. The van der Waals surface area contributed by atoms with Crippen molar-refractivity contribution in [2.45, 2.75) is 270 Å². The Bertz CT molecular complexity index is 1030. The topological polar surface area (TPSA) is 155 Å². The van der Waals surface area contributed by atoms with Crippen LogP contribution in [0.2, 0.25) is 0 Å². The van der Waals surface area contributed by atoms with E-state index >= 15 is 0 Å². The number of esters is 1. The van der Waals surface area contributed by atoms with E-state index < -0.39 is 45.1 Å². The molecule has 0 aromatic carbocycles. The maximum atomic E-state index is 12.7. The molecule has 3 unspecified atom stereocenters. The van der Waals surface area contributed by atoms with Gasteiger partial charge in [-0.3, -0.25) is 18.6 Å². The van der Waals surface area contributed by atoms with Crippen molar-refractivity contribution in [3.63, 3.8) is 0 Å². The van der Waals surface area contributed by atoms with E-state index in [1.54, 1.807) is 0 Å². The second-order valence-electron chi connectivity index (χ2n) is 17.7. The number of rotatable bonds is 50. The van der Waals surface area contributed by atoms with E-state index in [0.29, 0.717) is 6.61 Å². The predicted octanol–water partition coefficient (Wildman–Crippen LogP) is 14.9. The van der Waals surface area contributed by atoms with Crippen molar-refractivity contribution in [2.75, 3.05) is 26.4 Å². The average Bonchev–Trinajstić information content (AvgIpc) is 3.24. The van der Waals surface area contributed by atoms with Crippen LogP contribution in [0, 0.1) is 0 Å². The molecule has 0 rings (SSSR count). The molecule has 0 aliphatic rings. The number of hydrogen-bond donors (Lipinski definition) is 3. The summed E-state index contributed by atoms with van der Waals surface area (Å²) in [4.78, 5) is 33.7. The summed E-state index contributed by atoms with van der Waals surface area (Å²) >= 11 is 0. The molecule has 0 heterocycles. The molecule has 0 amide bonds. The highest BCUT2D eigenvalue weighted by atomic mass is 31.2. The zero-order valence-electron chi connectivity index (χ0n) is 39.8. The summed E-state index contributed by atoms with van der Waals surface area (Å²) in [7, 11) is -4.62. The number of carboxylic acid groups (broad SMARTS) is 1. The fourth-order valence-corrected chi connectivity index (χ4v) is 8.32. The molecule has 0 radical (unpaired) electrons. The minimum Gasteiger partial charge on any atom is -0.480 e. The van der Waals surface area contributed by atoms with Crippen LogP contribution in [0.25, 0.3) is 0 Å². The molecule has 0 aromatic heterocycles. The third-order valence-corrected chi connectivity index (χ3v) is 12.5. The number of aliphatic carboxylic acids is 1. The Hall–Kier alpha value is -1.29. The Morgan fingerprint density at radius 3 is 1.25 bits per heavy atom. The first-order valence-electron chi connectivity index (χ1n) is 25.7. The van der Waals surface area contributed by atoms with Crippen LogP contribution in [-0.2, 0) is 32.7 Å². The van der Waals surface area contributed by atoms with Crippen LogP contribution >= 0.6 is 7.82 Å². The summed E-state index contributed by atoms with van der Waals surface area (Å²) in [5, 5.41) is 8.92. The largest absolute Gasteiger partial charge is 0.480 e. The second-order valence-corrected chi connectivity index (χ2v) is 19.1. The lowest BCUT2D eigenvalue weighted by molar-refractivity contribution is -0.154. The lowest BCUT2D eigenvalue weighted by atomic mass is 10.0. The number of carbonyl (C=O) groups is 2. The highest BCUT2D eigenvalue weighted by molar-refractivity contribution is 7.47. The first-order valence-corrected chi connectivity index (χ1v) is 27.2. The predicted molar refractivity (Wildman–Crippen MR) is 254 cm³/mol.